The lowest BCUT2D eigenvalue weighted by atomic mass is 10.1. The minimum atomic E-state index is 0.838. The molecule has 1 aromatic carbocycles. The van der Waals surface area contributed by atoms with Crippen LogP contribution in [0.5, 0.6) is 0 Å². The van der Waals surface area contributed by atoms with Crippen LogP contribution in [0.25, 0.3) is 11.4 Å². The largest absolute Gasteiger partial charge is 0.373 e. The highest BCUT2D eigenvalue weighted by Gasteiger charge is 2.17. The quantitative estimate of drug-likeness (QED) is 0.812. The molecule has 0 bridgehead atoms. The number of aromatic nitrogens is 2. The van der Waals surface area contributed by atoms with Gasteiger partial charge < -0.3 is 5.32 Å². The first-order valence-corrected chi connectivity index (χ1v) is 8.32. The molecule has 0 aliphatic heterocycles. The Morgan fingerprint density at radius 1 is 1.10 bits per heavy atom. The molecule has 1 heterocycles. The van der Waals surface area contributed by atoms with Gasteiger partial charge in [0.2, 0.25) is 0 Å². The monoisotopic (exact) mass is 345 g/mol. The van der Waals surface area contributed by atoms with Gasteiger partial charge in [-0.3, -0.25) is 0 Å². The van der Waals surface area contributed by atoms with Gasteiger partial charge in [-0.05, 0) is 56.4 Å². The molecule has 2 aromatic rings. The summed E-state index contributed by atoms with van der Waals surface area (Å²) in [5, 5.41) is 3.26. The van der Waals surface area contributed by atoms with E-state index in [2.05, 4.69) is 46.4 Å². The second-order valence-electron chi connectivity index (χ2n) is 5.59. The zero-order chi connectivity index (χ0) is 14.8. The highest BCUT2D eigenvalue weighted by atomic mass is 79.9. The molecule has 0 saturated carbocycles. The lowest BCUT2D eigenvalue weighted by Crippen LogP contribution is -2.07. The maximum Gasteiger partial charge on any atom is 0.162 e. The summed E-state index contributed by atoms with van der Waals surface area (Å²) in [5.74, 6) is 1.84. The zero-order valence-corrected chi connectivity index (χ0v) is 14.1. The van der Waals surface area contributed by atoms with Crippen molar-refractivity contribution in [3.05, 3.63) is 39.5 Å². The first kappa shape index (κ1) is 14.5. The molecule has 21 heavy (non-hydrogen) atoms. The summed E-state index contributed by atoms with van der Waals surface area (Å²) in [6.07, 6.45) is 5.90. The molecule has 0 fully saturated rings. The van der Waals surface area contributed by atoms with Crippen molar-refractivity contribution in [2.75, 3.05) is 12.4 Å². The number of anilines is 1. The second-order valence-corrected chi connectivity index (χ2v) is 6.51. The number of rotatable bonds is 2. The Bertz CT molecular complexity index is 667. The van der Waals surface area contributed by atoms with Crippen molar-refractivity contribution >= 4 is 21.7 Å². The average Bonchev–Trinajstić information content (AvgIpc) is 2.71. The van der Waals surface area contributed by atoms with Crippen molar-refractivity contribution in [1.29, 1.82) is 0 Å². The number of aryl methyl sites for hydroxylation is 2. The van der Waals surface area contributed by atoms with Gasteiger partial charge in [0.25, 0.3) is 0 Å². The maximum absolute atomic E-state index is 4.88. The number of hydrogen-bond acceptors (Lipinski definition) is 3. The third-order valence-corrected chi connectivity index (χ3v) is 4.59. The highest BCUT2D eigenvalue weighted by molar-refractivity contribution is 9.10. The molecule has 0 atom stereocenters. The Morgan fingerprint density at radius 3 is 2.67 bits per heavy atom. The van der Waals surface area contributed by atoms with E-state index in [0.29, 0.717) is 0 Å². The summed E-state index contributed by atoms with van der Waals surface area (Å²) in [4.78, 5) is 9.65. The summed E-state index contributed by atoms with van der Waals surface area (Å²) in [7, 11) is 1.95. The fourth-order valence-corrected chi connectivity index (χ4v) is 3.45. The van der Waals surface area contributed by atoms with Gasteiger partial charge in [0.1, 0.15) is 5.82 Å². The van der Waals surface area contributed by atoms with E-state index in [9.17, 15) is 0 Å². The number of fused-ring (bicyclic) bond motifs is 1. The predicted molar refractivity (Wildman–Crippen MR) is 90.7 cm³/mol. The van der Waals surface area contributed by atoms with Gasteiger partial charge in [-0.25, -0.2) is 9.97 Å². The summed E-state index contributed by atoms with van der Waals surface area (Å²) < 4.78 is 1.09. The van der Waals surface area contributed by atoms with E-state index in [4.69, 9.17) is 9.97 Å². The summed E-state index contributed by atoms with van der Waals surface area (Å²) in [5.41, 5.74) is 4.85. The Labute approximate surface area is 134 Å². The Kier molecular flexibility index (Phi) is 4.24. The number of halogens is 1. The van der Waals surface area contributed by atoms with Crippen LogP contribution in [0.2, 0.25) is 0 Å². The van der Waals surface area contributed by atoms with Crippen molar-refractivity contribution in [2.24, 2.45) is 0 Å². The third kappa shape index (κ3) is 2.95. The van der Waals surface area contributed by atoms with Crippen LogP contribution in [0.15, 0.2) is 22.7 Å². The molecule has 1 N–H and O–H groups in total. The average molecular weight is 346 g/mol. The van der Waals surface area contributed by atoms with E-state index in [1.807, 2.05) is 7.05 Å². The van der Waals surface area contributed by atoms with E-state index in [1.165, 1.54) is 36.1 Å². The van der Waals surface area contributed by atoms with Crippen molar-refractivity contribution in [3.63, 3.8) is 0 Å². The molecule has 0 saturated heterocycles. The Hall–Kier alpha value is -1.42. The van der Waals surface area contributed by atoms with Gasteiger partial charge in [-0.15, -0.1) is 0 Å². The van der Waals surface area contributed by atoms with Crippen molar-refractivity contribution in [3.8, 4) is 11.4 Å². The second kappa shape index (κ2) is 6.14. The van der Waals surface area contributed by atoms with E-state index in [-0.39, 0.29) is 0 Å². The Morgan fingerprint density at radius 2 is 1.90 bits per heavy atom. The third-order valence-electron chi connectivity index (χ3n) is 4.10. The molecule has 1 aliphatic rings. The van der Waals surface area contributed by atoms with Gasteiger partial charge >= 0.3 is 0 Å². The lowest BCUT2D eigenvalue weighted by molar-refractivity contribution is 0.709. The molecule has 0 unspecified atom stereocenters. The van der Waals surface area contributed by atoms with E-state index < -0.39 is 0 Å². The SMILES string of the molecule is CNc1nc(-c2ccc(Br)cc2C)nc2c1CCCCC2. The normalized spacial score (nSPS) is 14.4. The first-order chi connectivity index (χ1) is 10.2. The summed E-state index contributed by atoms with van der Waals surface area (Å²) >= 11 is 3.51. The van der Waals surface area contributed by atoms with E-state index in [1.54, 1.807) is 0 Å². The van der Waals surface area contributed by atoms with Gasteiger partial charge in [-0.1, -0.05) is 22.4 Å². The maximum atomic E-state index is 4.88. The van der Waals surface area contributed by atoms with Crippen LogP contribution in [-0.4, -0.2) is 17.0 Å². The van der Waals surface area contributed by atoms with Gasteiger partial charge in [-0.2, -0.15) is 0 Å². The van der Waals surface area contributed by atoms with Crippen LogP contribution in [0.1, 0.15) is 36.1 Å². The van der Waals surface area contributed by atoms with Gasteiger partial charge in [0.05, 0.1) is 0 Å². The topological polar surface area (TPSA) is 37.8 Å². The van der Waals surface area contributed by atoms with E-state index >= 15 is 0 Å². The smallest absolute Gasteiger partial charge is 0.162 e. The fraction of sp³-hybridized carbons (Fsp3) is 0.412. The van der Waals surface area contributed by atoms with Crippen LogP contribution in [-0.2, 0) is 12.8 Å². The molecule has 110 valence electrons. The molecular formula is C17H20BrN3. The fourth-order valence-electron chi connectivity index (χ4n) is 2.98. The first-order valence-electron chi connectivity index (χ1n) is 7.53. The van der Waals surface area contributed by atoms with Crippen LogP contribution in [0.4, 0.5) is 5.82 Å². The van der Waals surface area contributed by atoms with Gasteiger partial charge in [0, 0.05) is 28.3 Å². The minimum absolute atomic E-state index is 0.838. The molecule has 3 rings (SSSR count). The van der Waals surface area contributed by atoms with Crippen LogP contribution in [0, 0.1) is 6.92 Å². The molecule has 3 nitrogen and oxygen atoms in total. The van der Waals surface area contributed by atoms with Crippen LogP contribution >= 0.6 is 15.9 Å². The van der Waals surface area contributed by atoms with Crippen molar-refractivity contribution in [2.45, 2.75) is 39.0 Å². The lowest BCUT2D eigenvalue weighted by Gasteiger charge is -2.14. The highest BCUT2D eigenvalue weighted by Crippen LogP contribution is 2.29. The van der Waals surface area contributed by atoms with Crippen LogP contribution in [0.3, 0.4) is 0 Å². The number of hydrogen-bond donors (Lipinski definition) is 1. The molecule has 1 aromatic heterocycles. The molecule has 0 spiro atoms. The van der Waals surface area contributed by atoms with Crippen LogP contribution < -0.4 is 5.32 Å². The number of nitrogens with one attached hydrogen (secondary N) is 1. The number of benzene rings is 1. The zero-order valence-electron chi connectivity index (χ0n) is 12.5. The molecule has 4 heteroatoms. The van der Waals surface area contributed by atoms with Crippen molar-refractivity contribution in [1.82, 2.24) is 9.97 Å². The molecular weight excluding hydrogens is 326 g/mol. The summed E-state index contributed by atoms with van der Waals surface area (Å²) in [6.45, 7) is 2.11. The molecule has 1 aliphatic carbocycles. The Balaban J connectivity index is 2.13. The van der Waals surface area contributed by atoms with Crippen molar-refractivity contribution < 1.29 is 0 Å². The van der Waals surface area contributed by atoms with E-state index in [0.717, 1.165) is 34.5 Å². The molecule has 0 amide bonds. The standard InChI is InChI=1S/C17H20BrN3/c1-11-10-12(18)8-9-13(11)17-20-15-7-5-3-4-6-14(15)16(19-2)21-17/h8-10H,3-7H2,1-2H3,(H,19,20,21). The minimum Gasteiger partial charge on any atom is -0.373 e. The predicted octanol–water partition coefficient (Wildman–Crippen LogP) is 4.53. The van der Waals surface area contributed by atoms with Gasteiger partial charge in [0.15, 0.2) is 5.82 Å². The summed E-state index contributed by atoms with van der Waals surface area (Å²) in [6, 6.07) is 6.26. The number of nitrogens with zero attached hydrogens (tertiary/aromatic N) is 2. The molecule has 0 radical (unpaired) electrons.